The van der Waals surface area contributed by atoms with E-state index in [1.54, 1.807) is 6.92 Å². The van der Waals surface area contributed by atoms with Gasteiger partial charge in [-0.3, -0.25) is 9.69 Å². The highest BCUT2D eigenvalue weighted by atomic mass is 32.2. The van der Waals surface area contributed by atoms with Crippen molar-refractivity contribution < 1.29 is 18.9 Å². The van der Waals surface area contributed by atoms with Crippen molar-refractivity contribution in [1.82, 2.24) is 4.90 Å². The summed E-state index contributed by atoms with van der Waals surface area (Å²) in [6, 6.07) is 39.3. The Morgan fingerprint density at radius 2 is 1.48 bits per heavy atom. The van der Waals surface area contributed by atoms with Crippen molar-refractivity contribution in [2.75, 3.05) is 11.1 Å². The van der Waals surface area contributed by atoms with Gasteiger partial charge in [-0.2, -0.15) is 0 Å². The van der Waals surface area contributed by atoms with Crippen LogP contribution >= 0.6 is 0 Å². The fraction of sp³-hybridized carbons (Fsp3) is 0.200. The molecule has 6 nitrogen and oxygen atoms in total. The number of hydrogen-bond donors (Lipinski definition) is 1. The normalized spacial score (nSPS) is 18.3. The van der Waals surface area contributed by atoms with Gasteiger partial charge in [0.15, 0.2) is 10.6 Å². The molecule has 7 rings (SSSR count). The van der Waals surface area contributed by atoms with Crippen LogP contribution in [0.15, 0.2) is 126 Å². The number of carbonyl (C=O) groups excluding carboxylic acids is 2. The average molecular weight is 577 g/mol. The van der Waals surface area contributed by atoms with Crippen LogP contribution < -0.4 is 5.32 Å². The van der Waals surface area contributed by atoms with Crippen molar-refractivity contribution in [3.63, 3.8) is 0 Å². The van der Waals surface area contributed by atoms with E-state index in [-0.39, 0.29) is 29.8 Å². The van der Waals surface area contributed by atoms with E-state index in [4.69, 9.17) is 4.74 Å². The largest absolute Gasteiger partial charge is 0.612 e. The third-order valence-corrected chi connectivity index (χ3v) is 9.39. The van der Waals surface area contributed by atoms with E-state index in [1.807, 2.05) is 30.3 Å². The fourth-order valence-electron chi connectivity index (χ4n) is 5.92. The number of rotatable bonds is 7. The highest BCUT2D eigenvalue weighted by Gasteiger charge is 2.51. The van der Waals surface area contributed by atoms with Crippen molar-refractivity contribution in [2.45, 2.75) is 38.0 Å². The van der Waals surface area contributed by atoms with Crippen LogP contribution in [0, 0.1) is 0 Å². The van der Waals surface area contributed by atoms with Crippen LogP contribution in [-0.2, 0) is 37.6 Å². The first kappa shape index (κ1) is 27.8. The zero-order chi connectivity index (χ0) is 29.1. The number of benzene rings is 4. The van der Waals surface area contributed by atoms with Gasteiger partial charge in [0.25, 0.3) is 0 Å². The third kappa shape index (κ3) is 5.10. The lowest BCUT2D eigenvalue weighted by molar-refractivity contribution is -0.150. The van der Waals surface area contributed by atoms with Crippen molar-refractivity contribution in [2.24, 2.45) is 0 Å². The van der Waals surface area contributed by atoms with Crippen molar-refractivity contribution in [1.29, 1.82) is 0 Å². The molecular formula is C35H32N2O4S. The van der Waals surface area contributed by atoms with E-state index >= 15 is 0 Å². The number of β-lactam (4-membered cyclic amide) rings is 1. The van der Waals surface area contributed by atoms with Crippen molar-refractivity contribution in [3.05, 3.63) is 148 Å². The monoisotopic (exact) mass is 576 g/mol. The number of esters is 1. The van der Waals surface area contributed by atoms with Crippen LogP contribution in [0.4, 0.5) is 5.69 Å². The van der Waals surface area contributed by atoms with Gasteiger partial charge in [-0.25, -0.2) is 4.79 Å². The molecular weight excluding hydrogens is 544 g/mol. The summed E-state index contributed by atoms with van der Waals surface area (Å²) in [5.41, 5.74) is 5.83. The van der Waals surface area contributed by atoms with Gasteiger partial charge in [-0.15, -0.1) is 0 Å². The van der Waals surface area contributed by atoms with Crippen LogP contribution in [0.2, 0.25) is 0 Å². The lowest BCUT2D eigenvalue weighted by atomic mass is 9.79. The Labute approximate surface area is 249 Å². The molecule has 2 unspecified atom stereocenters. The molecule has 0 aliphatic carbocycles. The Bertz CT molecular complexity index is 1570. The molecule has 1 saturated heterocycles. The Morgan fingerprint density at radius 1 is 0.881 bits per heavy atom. The van der Waals surface area contributed by atoms with Crippen LogP contribution in [0.25, 0.3) is 0 Å². The average Bonchev–Trinajstić information content (AvgIpc) is 3.50. The van der Waals surface area contributed by atoms with E-state index < -0.39 is 17.1 Å². The van der Waals surface area contributed by atoms with Gasteiger partial charge >= 0.3 is 5.97 Å². The maximum atomic E-state index is 12.4. The van der Waals surface area contributed by atoms with E-state index in [9.17, 15) is 14.1 Å². The first-order valence-electron chi connectivity index (χ1n) is 14.2. The molecule has 4 aromatic rings. The van der Waals surface area contributed by atoms with Crippen LogP contribution in [0.3, 0.4) is 0 Å². The summed E-state index contributed by atoms with van der Waals surface area (Å²) in [4.78, 5) is 26.1. The molecule has 7 heteroatoms. The van der Waals surface area contributed by atoms with Gasteiger partial charge < -0.3 is 14.6 Å². The van der Waals surface area contributed by atoms with E-state index in [1.165, 1.54) is 27.3 Å². The molecule has 2 bridgehead atoms. The Hall–Kier alpha value is -4.33. The van der Waals surface area contributed by atoms with Gasteiger partial charge in [-0.05, 0) is 52.5 Å². The smallest absolute Gasteiger partial charge is 0.360 e. The van der Waals surface area contributed by atoms with E-state index in [0.717, 1.165) is 5.56 Å². The molecule has 212 valence electrons. The number of nitrogens with one attached hydrogen (secondary N) is 1. The number of nitrogens with zero attached hydrogens (tertiary/aromatic N) is 1. The highest BCUT2D eigenvalue weighted by Crippen LogP contribution is 2.45. The summed E-state index contributed by atoms with van der Waals surface area (Å²) in [5.74, 6) is -0.226. The summed E-state index contributed by atoms with van der Waals surface area (Å²) in [6.07, 6.45) is 0.932. The minimum Gasteiger partial charge on any atom is -0.612 e. The van der Waals surface area contributed by atoms with Crippen LogP contribution in [0.1, 0.15) is 42.0 Å². The summed E-state index contributed by atoms with van der Waals surface area (Å²) >= 11 is -1.23. The second-order valence-corrected chi connectivity index (χ2v) is 12.2. The van der Waals surface area contributed by atoms with Crippen LogP contribution in [-0.4, -0.2) is 33.1 Å². The second kappa shape index (κ2) is 11.9. The third-order valence-electron chi connectivity index (χ3n) is 7.95. The summed E-state index contributed by atoms with van der Waals surface area (Å²) in [5, 5.41) is 3.70. The SMILES string of the molecule is CC[S+]([O-])C1=C(C(=O)OCc2ccccc2)N2C(=O)CC2C1.c1ccc(C2(c3ccccc3)Nc3cccc2c3)cc1. The van der Waals surface area contributed by atoms with Gasteiger partial charge in [0.05, 0.1) is 6.04 Å². The summed E-state index contributed by atoms with van der Waals surface area (Å²) < 4.78 is 17.4. The molecule has 1 N–H and O–H groups in total. The van der Waals surface area contributed by atoms with Crippen molar-refractivity contribution in [3.8, 4) is 0 Å². The Morgan fingerprint density at radius 3 is 2.05 bits per heavy atom. The van der Waals surface area contributed by atoms with Crippen LogP contribution in [0.5, 0.6) is 0 Å². The van der Waals surface area contributed by atoms with Gasteiger partial charge in [0.1, 0.15) is 17.9 Å². The fourth-order valence-corrected chi connectivity index (χ4v) is 7.04. The number of hydrogen-bond acceptors (Lipinski definition) is 5. The van der Waals surface area contributed by atoms with Crippen molar-refractivity contribution >= 4 is 28.7 Å². The lowest BCUT2D eigenvalue weighted by Gasteiger charge is -2.34. The predicted molar refractivity (Wildman–Crippen MR) is 165 cm³/mol. The maximum absolute atomic E-state index is 12.4. The first-order valence-corrected chi connectivity index (χ1v) is 15.5. The van der Waals surface area contributed by atoms with E-state index in [0.29, 0.717) is 23.5 Å². The van der Waals surface area contributed by atoms with E-state index in [2.05, 4.69) is 90.2 Å². The molecule has 1 fully saturated rings. The molecule has 3 heterocycles. The number of anilines is 1. The quantitative estimate of drug-likeness (QED) is 0.163. The lowest BCUT2D eigenvalue weighted by Crippen LogP contribution is -2.49. The molecule has 0 radical (unpaired) electrons. The number of carbonyl (C=O) groups is 2. The second-order valence-electron chi connectivity index (χ2n) is 10.5. The zero-order valence-corrected chi connectivity index (χ0v) is 24.2. The first-order chi connectivity index (χ1) is 20.5. The summed E-state index contributed by atoms with van der Waals surface area (Å²) in [6.45, 7) is 1.94. The molecule has 3 aliphatic heterocycles. The molecule has 4 aromatic carbocycles. The molecule has 1 amide bonds. The number of amides is 1. The number of fused-ring (bicyclic) bond motifs is 3. The highest BCUT2D eigenvalue weighted by molar-refractivity contribution is 7.95. The van der Waals surface area contributed by atoms with Gasteiger partial charge in [0, 0.05) is 18.5 Å². The molecule has 2 atom stereocenters. The predicted octanol–water partition coefficient (Wildman–Crippen LogP) is 6.12. The molecule has 0 spiro atoms. The molecule has 0 aromatic heterocycles. The standard InChI is InChI=1S/C19H15N.C16H17NO4S/c1-3-8-15(9-4-1)19(16-10-5-2-6-11-16)17-12-7-13-18(14-17)20-19;1-2-22(20)13-8-12-9-14(18)17(12)15(13)16(19)21-10-11-6-4-3-5-7-11/h1-14,20H;3-7,12H,2,8-10H2,1H3. The topological polar surface area (TPSA) is 81.7 Å². The molecule has 3 aliphatic rings. The molecule has 42 heavy (non-hydrogen) atoms. The Kier molecular flexibility index (Phi) is 7.87. The maximum Gasteiger partial charge on any atom is 0.360 e. The molecule has 0 saturated carbocycles. The van der Waals surface area contributed by atoms with Gasteiger partial charge in [0.2, 0.25) is 5.91 Å². The minimum atomic E-state index is -1.23. The minimum absolute atomic E-state index is 0.0164. The Balaban J connectivity index is 0.000000151. The zero-order valence-electron chi connectivity index (χ0n) is 23.4. The van der Waals surface area contributed by atoms with Gasteiger partial charge in [-0.1, -0.05) is 103 Å². The summed E-state index contributed by atoms with van der Waals surface area (Å²) in [7, 11) is 0. The number of ether oxygens (including phenoxy) is 1.